The Kier molecular flexibility index (Phi) is 4.54. The molecule has 0 radical (unpaired) electrons. The monoisotopic (exact) mass is 406 g/mol. The lowest BCUT2D eigenvalue weighted by molar-refractivity contribution is 0.629. The average molecular weight is 407 g/mol. The van der Waals surface area contributed by atoms with Gasteiger partial charge in [0.05, 0.1) is 15.7 Å². The van der Waals surface area contributed by atoms with Crippen molar-refractivity contribution in [3.63, 3.8) is 0 Å². The molecule has 4 aromatic rings. The normalized spacial score (nSPS) is 10.9. The minimum atomic E-state index is -0.584. The van der Waals surface area contributed by atoms with E-state index in [2.05, 4.69) is 30.5 Å². The number of hydrogen-bond acceptors (Lipinski definition) is 6. The number of pyridine rings is 1. The second-order valence-electron chi connectivity index (χ2n) is 5.11. The summed E-state index contributed by atoms with van der Waals surface area (Å²) in [5.74, 6) is 0.472. The fourth-order valence-electron chi connectivity index (χ4n) is 2.28. The Morgan fingerprint density at radius 1 is 1.12 bits per heavy atom. The molecule has 0 saturated heterocycles. The number of thiazole rings is 1. The molecule has 0 aliphatic rings. The Morgan fingerprint density at radius 2 is 2.00 bits per heavy atom. The van der Waals surface area contributed by atoms with E-state index in [4.69, 9.17) is 23.2 Å². The summed E-state index contributed by atoms with van der Waals surface area (Å²) in [5, 5.41) is 10.6. The number of aromatic amines is 1. The van der Waals surface area contributed by atoms with Crippen LogP contribution < -0.4 is 5.32 Å². The first-order valence-corrected chi connectivity index (χ1v) is 8.89. The predicted molar refractivity (Wildman–Crippen MR) is 100 cm³/mol. The molecular formula is C16H9Cl2FN6S. The average Bonchev–Trinajstić information content (AvgIpc) is 3.28. The minimum absolute atomic E-state index is 0.0553. The molecule has 0 atom stereocenters. The predicted octanol–water partition coefficient (Wildman–Crippen LogP) is 5.18. The van der Waals surface area contributed by atoms with Crippen LogP contribution in [0.1, 0.15) is 0 Å². The minimum Gasteiger partial charge on any atom is -0.316 e. The van der Waals surface area contributed by atoms with Gasteiger partial charge in [-0.05, 0) is 24.3 Å². The SMILES string of the molecule is Fc1cc(-c2nc(Nc3ccccn3)sc2-c2nc[nH]n2)c(Cl)cc1Cl. The molecule has 3 aromatic heterocycles. The lowest BCUT2D eigenvalue weighted by Crippen LogP contribution is -1.92. The highest BCUT2D eigenvalue weighted by Crippen LogP contribution is 2.41. The number of rotatable bonds is 4. The molecule has 2 N–H and O–H groups in total. The number of nitrogens with zero attached hydrogens (tertiary/aromatic N) is 4. The number of anilines is 2. The third kappa shape index (κ3) is 3.26. The van der Waals surface area contributed by atoms with Gasteiger partial charge >= 0.3 is 0 Å². The highest BCUT2D eigenvalue weighted by Gasteiger charge is 2.21. The van der Waals surface area contributed by atoms with Crippen LogP contribution in [-0.2, 0) is 0 Å². The van der Waals surface area contributed by atoms with Gasteiger partial charge in [-0.1, -0.05) is 40.6 Å². The quantitative estimate of drug-likeness (QED) is 0.456. The van der Waals surface area contributed by atoms with Crippen LogP contribution in [0, 0.1) is 5.82 Å². The van der Waals surface area contributed by atoms with Crippen LogP contribution in [0.25, 0.3) is 22.0 Å². The smallest absolute Gasteiger partial charge is 0.193 e. The fraction of sp³-hybridized carbons (Fsp3) is 0. The molecular weight excluding hydrogens is 398 g/mol. The zero-order chi connectivity index (χ0) is 18.1. The lowest BCUT2D eigenvalue weighted by atomic mass is 10.1. The Labute approximate surface area is 161 Å². The van der Waals surface area contributed by atoms with Crippen molar-refractivity contribution in [1.82, 2.24) is 25.1 Å². The van der Waals surface area contributed by atoms with Gasteiger partial charge in [0.1, 0.15) is 22.8 Å². The van der Waals surface area contributed by atoms with Crippen molar-refractivity contribution >= 4 is 45.5 Å². The molecule has 0 unspecified atom stereocenters. The number of benzene rings is 1. The number of aromatic nitrogens is 5. The van der Waals surface area contributed by atoms with Crippen LogP contribution >= 0.6 is 34.5 Å². The van der Waals surface area contributed by atoms with Crippen LogP contribution in [-0.4, -0.2) is 25.1 Å². The first-order chi connectivity index (χ1) is 12.6. The number of hydrogen-bond donors (Lipinski definition) is 2. The van der Waals surface area contributed by atoms with Gasteiger partial charge in [-0.15, -0.1) is 0 Å². The van der Waals surface area contributed by atoms with Gasteiger partial charge in [-0.3, -0.25) is 5.10 Å². The third-order valence-electron chi connectivity index (χ3n) is 3.41. The number of nitrogens with one attached hydrogen (secondary N) is 2. The summed E-state index contributed by atoms with van der Waals surface area (Å²) in [5.41, 5.74) is 0.854. The van der Waals surface area contributed by atoms with Crippen molar-refractivity contribution in [1.29, 1.82) is 0 Å². The van der Waals surface area contributed by atoms with E-state index in [-0.39, 0.29) is 10.0 Å². The topological polar surface area (TPSA) is 79.4 Å². The molecule has 1 aromatic carbocycles. The summed E-state index contributed by atoms with van der Waals surface area (Å²) in [6, 6.07) is 8.07. The molecule has 0 aliphatic heterocycles. The molecule has 0 spiro atoms. The van der Waals surface area contributed by atoms with Gasteiger partial charge in [0, 0.05) is 11.8 Å². The van der Waals surface area contributed by atoms with E-state index >= 15 is 0 Å². The summed E-state index contributed by atoms with van der Waals surface area (Å²) in [4.78, 5) is 13.5. The maximum atomic E-state index is 14.0. The molecule has 0 fully saturated rings. The van der Waals surface area contributed by atoms with Crippen molar-refractivity contribution in [2.75, 3.05) is 5.32 Å². The first-order valence-electron chi connectivity index (χ1n) is 7.32. The zero-order valence-electron chi connectivity index (χ0n) is 12.9. The first kappa shape index (κ1) is 16.9. The zero-order valence-corrected chi connectivity index (χ0v) is 15.2. The molecule has 10 heteroatoms. The van der Waals surface area contributed by atoms with Gasteiger partial charge in [-0.25, -0.2) is 19.3 Å². The van der Waals surface area contributed by atoms with Crippen LogP contribution in [0.3, 0.4) is 0 Å². The molecule has 0 saturated carbocycles. The van der Waals surface area contributed by atoms with Crippen LogP contribution in [0.15, 0.2) is 42.9 Å². The van der Waals surface area contributed by atoms with Crippen molar-refractivity contribution < 1.29 is 4.39 Å². The Hall–Kier alpha value is -2.55. The summed E-state index contributed by atoms with van der Waals surface area (Å²) in [6.45, 7) is 0. The van der Waals surface area contributed by atoms with E-state index in [1.165, 1.54) is 29.8 Å². The van der Waals surface area contributed by atoms with E-state index in [1.54, 1.807) is 6.20 Å². The number of H-pyrrole nitrogens is 1. The van der Waals surface area contributed by atoms with Gasteiger partial charge in [0.2, 0.25) is 0 Å². The standard InChI is InChI=1S/C16H9Cl2FN6S/c17-9-6-10(18)11(19)5-8(9)13-14(15-21-7-22-25-15)26-16(24-13)23-12-3-1-2-4-20-12/h1-7H,(H,20,23,24)(H,21,22,25). The van der Waals surface area contributed by atoms with Crippen molar-refractivity contribution in [2.24, 2.45) is 0 Å². The summed E-state index contributed by atoms with van der Waals surface area (Å²) in [7, 11) is 0. The van der Waals surface area contributed by atoms with Gasteiger partial charge in [0.15, 0.2) is 11.0 Å². The van der Waals surface area contributed by atoms with Gasteiger partial charge < -0.3 is 5.32 Å². The fourth-order valence-corrected chi connectivity index (χ4v) is 3.68. The van der Waals surface area contributed by atoms with Crippen LogP contribution in [0.2, 0.25) is 10.0 Å². The van der Waals surface area contributed by atoms with E-state index in [0.29, 0.717) is 32.9 Å². The molecule has 0 aliphatic carbocycles. The van der Waals surface area contributed by atoms with E-state index < -0.39 is 5.82 Å². The Balaban J connectivity index is 1.84. The van der Waals surface area contributed by atoms with E-state index in [9.17, 15) is 4.39 Å². The number of halogens is 3. The second-order valence-corrected chi connectivity index (χ2v) is 6.92. The summed E-state index contributed by atoms with van der Waals surface area (Å²) >= 11 is 13.4. The lowest BCUT2D eigenvalue weighted by Gasteiger charge is -2.04. The van der Waals surface area contributed by atoms with Crippen LogP contribution in [0.5, 0.6) is 0 Å². The largest absolute Gasteiger partial charge is 0.316 e. The maximum absolute atomic E-state index is 14.0. The molecule has 3 heterocycles. The maximum Gasteiger partial charge on any atom is 0.193 e. The van der Waals surface area contributed by atoms with Crippen molar-refractivity contribution in [3.05, 3.63) is 58.7 Å². The van der Waals surface area contributed by atoms with E-state index in [0.717, 1.165) is 0 Å². The molecule has 6 nitrogen and oxygen atoms in total. The van der Waals surface area contributed by atoms with Gasteiger partial charge in [0.25, 0.3) is 0 Å². The van der Waals surface area contributed by atoms with Crippen LogP contribution in [0.4, 0.5) is 15.3 Å². The molecule has 130 valence electrons. The molecule has 4 rings (SSSR count). The van der Waals surface area contributed by atoms with Crippen molar-refractivity contribution in [3.8, 4) is 22.0 Å². The van der Waals surface area contributed by atoms with E-state index in [1.807, 2.05) is 18.2 Å². The van der Waals surface area contributed by atoms with Gasteiger partial charge in [-0.2, -0.15) is 5.10 Å². The Bertz CT molecular complexity index is 1050. The highest BCUT2D eigenvalue weighted by atomic mass is 35.5. The molecule has 26 heavy (non-hydrogen) atoms. The second kappa shape index (κ2) is 6.99. The Morgan fingerprint density at radius 3 is 2.73 bits per heavy atom. The molecule has 0 bridgehead atoms. The van der Waals surface area contributed by atoms with Crippen molar-refractivity contribution in [2.45, 2.75) is 0 Å². The highest BCUT2D eigenvalue weighted by molar-refractivity contribution is 7.19. The molecule has 0 amide bonds. The third-order valence-corrected chi connectivity index (χ3v) is 4.98. The summed E-state index contributed by atoms with van der Waals surface area (Å²) in [6.07, 6.45) is 3.12. The summed E-state index contributed by atoms with van der Waals surface area (Å²) < 4.78 is 14.0.